The quantitative estimate of drug-likeness (QED) is 0.771. The van der Waals surface area contributed by atoms with Crippen LogP contribution < -0.4 is 11.1 Å². The van der Waals surface area contributed by atoms with Crippen LogP contribution >= 0.6 is 0 Å². The SMILES string of the molecule is CC1CC(NC(=O)CC(N)CC(C)(C)C)C1. The Bertz CT molecular complexity index is 239. The first-order valence-corrected chi connectivity index (χ1v) is 6.31. The summed E-state index contributed by atoms with van der Waals surface area (Å²) in [6, 6.07) is 0.391. The predicted octanol–water partition coefficient (Wildman–Crippen LogP) is 2.05. The maximum atomic E-state index is 11.7. The summed E-state index contributed by atoms with van der Waals surface area (Å²) < 4.78 is 0. The lowest BCUT2D eigenvalue weighted by atomic mass is 9.81. The Morgan fingerprint density at radius 1 is 1.44 bits per heavy atom. The molecule has 0 aromatic carbocycles. The molecular formula is C13H26N2O. The van der Waals surface area contributed by atoms with Gasteiger partial charge in [0.25, 0.3) is 0 Å². The summed E-state index contributed by atoms with van der Waals surface area (Å²) in [5, 5.41) is 3.04. The van der Waals surface area contributed by atoms with Gasteiger partial charge in [0.1, 0.15) is 0 Å². The monoisotopic (exact) mass is 226 g/mol. The highest BCUT2D eigenvalue weighted by Crippen LogP contribution is 2.26. The number of carbonyl (C=O) groups is 1. The van der Waals surface area contributed by atoms with E-state index in [9.17, 15) is 4.79 Å². The van der Waals surface area contributed by atoms with Crippen LogP contribution in [0.4, 0.5) is 0 Å². The first-order chi connectivity index (χ1) is 7.26. The minimum atomic E-state index is -0.0162. The van der Waals surface area contributed by atoms with Gasteiger partial charge >= 0.3 is 0 Å². The Morgan fingerprint density at radius 2 is 2.00 bits per heavy atom. The Kier molecular flexibility index (Phi) is 4.36. The molecule has 1 rings (SSSR count). The molecule has 3 heteroatoms. The Labute approximate surface area is 99.2 Å². The molecule has 0 aromatic rings. The minimum absolute atomic E-state index is 0.0162. The first-order valence-electron chi connectivity index (χ1n) is 6.31. The van der Waals surface area contributed by atoms with Gasteiger partial charge in [0.05, 0.1) is 0 Å². The van der Waals surface area contributed by atoms with Crippen molar-refractivity contribution >= 4 is 5.91 Å². The van der Waals surface area contributed by atoms with Gasteiger partial charge < -0.3 is 11.1 Å². The van der Waals surface area contributed by atoms with E-state index in [-0.39, 0.29) is 17.4 Å². The van der Waals surface area contributed by atoms with E-state index in [1.165, 1.54) is 0 Å². The zero-order valence-electron chi connectivity index (χ0n) is 11.0. The lowest BCUT2D eigenvalue weighted by Gasteiger charge is -2.33. The molecule has 3 nitrogen and oxygen atoms in total. The molecule has 0 radical (unpaired) electrons. The van der Waals surface area contributed by atoms with E-state index in [1.807, 2.05) is 0 Å². The van der Waals surface area contributed by atoms with Gasteiger partial charge in [-0.05, 0) is 30.6 Å². The van der Waals surface area contributed by atoms with Crippen LogP contribution in [0.1, 0.15) is 53.4 Å². The highest BCUT2D eigenvalue weighted by molar-refractivity contribution is 5.77. The zero-order valence-corrected chi connectivity index (χ0v) is 11.0. The van der Waals surface area contributed by atoms with Crippen molar-refractivity contribution in [3.63, 3.8) is 0 Å². The molecule has 16 heavy (non-hydrogen) atoms. The standard InChI is InChI=1S/C13H26N2O/c1-9-5-11(6-9)15-12(16)7-10(14)8-13(2,3)4/h9-11H,5-8,14H2,1-4H3,(H,15,16). The molecule has 3 N–H and O–H groups in total. The highest BCUT2D eigenvalue weighted by atomic mass is 16.1. The molecule has 1 aliphatic carbocycles. The van der Waals surface area contributed by atoms with Gasteiger partial charge in [-0.1, -0.05) is 27.7 Å². The topological polar surface area (TPSA) is 55.1 Å². The van der Waals surface area contributed by atoms with E-state index >= 15 is 0 Å². The summed E-state index contributed by atoms with van der Waals surface area (Å²) in [5.74, 6) is 0.891. The summed E-state index contributed by atoms with van der Waals surface area (Å²) in [6.07, 6.45) is 3.60. The van der Waals surface area contributed by atoms with Crippen LogP contribution in [0, 0.1) is 11.3 Å². The number of amides is 1. The third-order valence-electron chi connectivity index (χ3n) is 3.06. The third-order valence-corrected chi connectivity index (χ3v) is 3.06. The summed E-state index contributed by atoms with van der Waals surface area (Å²) in [7, 11) is 0. The normalized spacial score (nSPS) is 27.1. The third kappa shape index (κ3) is 4.97. The predicted molar refractivity (Wildman–Crippen MR) is 67.0 cm³/mol. The molecule has 0 aliphatic heterocycles. The van der Waals surface area contributed by atoms with Crippen LogP contribution in [-0.2, 0) is 4.79 Å². The summed E-state index contributed by atoms with van der Waals surface area (Å²) in [4.78, 5) is 11.7. The average molecular weight is 226 g/mol. The van der Waals surface area contributed by atoms with Crippen LogP contribution in [0.5, 0.6) is 0 Å². The second kappa shape index (κ2) is 5.17. The van der Waals surface area contributed by atoms with E-state index < -0.39 is 0 Å². The Morgan fingerprint density at radius 3 is 2.44 bits per heavy atom. The average Bonchev–Trinajstić information content (AvgIpc) is 1.96. The van der Waals surface area contributed by atoms with Crippen molar-refractivity contribution in [2.45, 2.75) is 65.5 Å². The fourth-order valence-electron chi connectivity index (χ4n) is 2.40. The summed E-state index contributed by atoms with van der Waals surface area (Å²) >= 11 is 0. The smallest absolute Gasteiger partial charge is 0.221 e. The molecule has 1 aliphatic rings. The fraction of sp³-hybridized carbons (Fsp3) is 0.923. The van der Waals surface area contributed by atoms with Gasteiger partial charge in [0, 0.05) is 18.5 Å². The van der Waals surface area contributed by atoms with Crippen molar-refractivity contribution < 1.29 is 4.79 Å². The van der Waals surface area contributed by atoms with Crippen molar-refractivity contribution in [1.82, 2.24) is 5.32 Å². The van der Waals surface area contributed by atoms with Gasteiger partial charge in [-0.2, -0.15) is 0 Å². The molecule has 0 saturated heterocycles. The number of rotatable bonds is 4. The molecule has 0 spiro atoms. The van der Waals surface area contributed by atoms with Crippen molar-refractivity contribution in [2.75, 3.05) is 0 Å². The van der Waals surface area contributed by atoms with Gasteiger partial charge in [0.15, 0.2) is 0 Å². The number of hydrogen-bond donors (Lipinski definition) is 2. The molecule has 1 unspecified atom stereocenters. The van der Waals surface area contributed by atoms with Crippen LogP contribution in [-0.4, -0.2) is 18.0 Å². The van der Waals surface area contributed by atoms with Crippen LogP contribution in [0.2, 0.25) is 0 Å². The zero-order chi connectivity index (χ0) is 12.3. The Balaban J connectivity index is 2.18. The number of hydrogen-bond acceptors (Lipinski definition) is 2. The molecule has 1 saturated carbocycles. The molecule has 1 atom stereocenters. The fourth-order valence-corrected chi connectivity index (χ4v) is 2.40. The van der Waals surface area contributed by atoms with E-state index in [1.54, 1.807) is 0 Å². The van der Waals surface area contributed by atoms with Gasteiger partial charge in [-0.25, -0.2) is 0 Å². The number of nitrogens with two attached hydrogens (primary N) is 1. The molecule has 0 heterocycles. The lowest BCUT2D eigenvalue weighted by molar-refractivity contribution is -0.123. The molecule has 94 valence electrons. The lowest BCUT2D eigenvalue weighted by Crippen LogP contribution is -2.45. The number of nitrogens with one attached hydrogen (secondary N) is 1. The molecule has 0 aromatic heterocycles. The summed E-state index contributed by atoms with van der Waals surface area (Å²) in [6.45, 7) is 8.67. The second-order valence-corrected chi connectivity index (χ2v) is 6.57. The molecule has 0 bridgehead atoms. The van der Waals surface area contributed by atoms with E-state index in [0.717, 1.165) is 25.2 Å². The van der Waals surface area contributed by atoms with E-state index in [0.29, 0.717) is 12.5 Å². The maximum absolute atomic E-state index is 11.7. The van der Waals surface area contributed by atoms with Crippen LogP contribution in [0.3, 0.4) is 0 Å². The van der Waals surface area contributed by atoms with Crippen molar-refractivity contribution in [2.24, 2.45) is 17.1 Å². The van der Waals surface area contributed by atoms with Gasteiger partial charge in [0.2, 0.25) is 5.91 Å². The van der Waals surface area contributed by atoms with E-state index in [2.05, 4.69) is 33.0 Å². The van der Waals surface area contributed by atoms with Crippen LogP contribution in [0.15, 0.2) is 0 Å². The van der Waals surface area contributed by atoms with Crippen molar-refractivity contribution in [3.8, 4) is 0 Å². The maximum Gasteiger partial charge on any atom is 0.221 e. The van der Waals surface area contributed by atoms with Crippen molar-refractivity contribution in [3.05, 3.63) is 0 Å². The van der Waals surface area contributed by atoms with Gasteiger partial charge in [-0.15, -0.1) is 0 Å². The van der Waals surface area contributed by atoms with E-state index in [4.69, 9.17) is 5.73 Å². The molecule has 1 amide bonds. The van der Waals surface area contributed by atoms with Crippen molar-refractivity contribution in [1.29, 1.82) is 0 Å². The van der Waals surface area contributed by atoms with Gasteiger partial charge in [-0.3, -0.25) is 4.79 Å². The minimum Gasteiger partial charge on any atom is -0.353 e. The second-order valence-electron chi connectivity index (χ2n) is 6.57. The molecular weight excluding hydrogens is 200 g/mol. The number of carbonyl (C=O) groups excluding carboxylic acids is 1. The highest BCUT2D eigenvalue weighted by Gasteiger charge is 2.27. The molecule has 1 fully saturated rings. The van der Waals surface area contributed by atoms with Crippen LogP contribution in [0.25, 0.3) is 0 Å². The Hall–Kier alpha value is -0.570. The summed E-state index contributed by atoms with van der Waals surface area (Å²) in [5.41, 5.74) is 6.16. The largest absolute Gasteiger partial charge is 0.353 e. The first kappa shape index (κ1) is 13.5.